The van der Waals surface area contributed by atoms with Crippen LogP contribution < -0.4 is 5.84 Å². The maximum atomic E-state index is 11.1. The minimum absolute atomic E-state index is 0.126. The number of carbonyl (C=O) groups excluding carboxylic acids is 1. The Hall–Kier alpha value is -1.20. The second-order valence-electron chi connectivity index (χ2n) is 5.68. The summed E-state index contributed by atoms with van der Waals surface area (Å²) in [7, 11) is 0. The Bertz CT molecular complexity index is 481. The summed E-state index contributed by atoms with van der Waals surface area (Å²) in [5.74, 6) is 6.31. The van der Waals surface area contributed by atoms with Crippen molar-refractivity contribution in [3.63, 3.8) is 0 Å². The van der Waals surface area contributed by atoms with E-state index in [0.29, 0.717) is 11.5 Å². The Morgan fingerprint density at radius 2 is 2.00 bits per heavy atom. The highest BCUT2D eigenvalue weighted by atomic mass is 32.2. The van der Waals surface area contributed by atoms with E-state index < -0.39 is 0 Å². The second-order valence-corrected chi connectivity index (χ2v) is 6.62. The van der Waals surface area contributed by atoms with E-state index in [1.807, 2.05) is 19.1 Å². The molecule has 0 radical (unpaired) electrons. The minimum atomic E-state index is -0.184. The smallest absolute Gasteiger partial charge is 0.243 e. The number of carbonyl (C=O) groups is 1. The van der Waals surface area contributed by atoms with E-state index in [9.17, 15) is 9.90 Å². The van der Waals surface area contributed by atoms with Gasteiger partial charge in [-0.15, -0.1) is 0 Å². The first-order valence-corrected chi connectivity index (χ1v) is 7.08. The zero-order valence-electron chi connectivity index (χ0n) is 12.2. The summed E-state index contributed by atoms with van der Waals surface area (Å²) in [5, 5.41) is 10.1. The summed E-state index contributed by atoms with van der Waals surface area (Å²) >= 11 is 1.25. The van der Waals surface area contributed by atoms with Gasteiger partial charge in [-0.25, -0.2) is 10.3 Å². The number of hydrazine groups is 1. The van der Waals surface area contributed by atoms with Crippen LogP contribution in [0.4, 0.5) is 0 Å². The molecule has 4 nitrogen and oxygen atoms in total. The molecule has 0 aliphatic carbocycles. The minimum Gasteiger partial charge on any atom is -0.507 e. The molecule has 0 aliphatic rings. The molecule has 1 amide bonds. The Morgan fingerprint density at radius 3 is 2.47 bits per heavy atom. The average molecular weight is 282 g/mol. The van der Waals surface area contributed by atoms with Crippen LogP contribution in [0.25, 0.3) is 0 Å². The number of hydrogen-bond donors (Lipinski definition) is 2. The molecule has 1 aromatic carbocycles. The van der Waals surface area contributed by atoms with Crippen LogP contribution in [0.1, 0.15) is 44.4 Å². The van der Waals surface area contributed by atoms with Gasteiger partial charge in [0.2, 0.25) is 5.91 Å². The third-order valence-electron chi connectivity index (χ3n) is 2.85. The Labute approximate surface area is 119 Å². The third kappa shape index (κ3) is 4.14. The number of hydrogen-bond acceptors (Lipinski definition) is 4. The van der Waals surface area contributed by atoms with E-state index in [2.05, 4.69) is 20.8 Å². The van der Waals surface area contributed by atoms with Crippen LogP contribution >= 0.6 is 11.9 Å². The number of rotatable bonds is 3. The molecule has 0 atom stereocenters. The summed E-state index contributed by atoms with van der Waals surface area (Å²) in [6, 6.07) is 3.90. The molecule has 0 spiro atoms. The number of aryl methyl sites for hydroxylation is 1. The van der Waals surface area contributed by atoms with E-state index in [1.54, 1.807) is 0 Å². The quantitative estimate of drug-likeness (QED) is 0.387. The molecular weight excluding hydrogens is 260 g/mol. The van der Waals surface area contributed by atoms with Crippen LogP contribution in [0.3, 0.4) is 0 Å². The maximum absolute atomic E-state index is 11.1. The lowest BCUT2D eigenvalue weighted by molar-refractivity contribution is -0.124. The van der Waals surface area contributed by atoms with Crippen molar-refractivity contribution in [1.82, 2.24) is 4.41 Å². The van der Waals surface area contributed by atoms with Crippen LogP contribution in [0, 0.1) is 6.92 Å². The Morgan fingerprint density at radius 1 is 1.42 bits per heavy atom. The van der Waals surface area contributed by atoms with Crippen LogP contribution in [-0.4, -0.2) is 15.4 Å². The van der Waals surface area contributed by atoms with Crippen molar-refractivity contribution in [3.05, 3.63) is 28.8 Å². The van der Waals surface area contributed by atoms with Gasteiger partial charge in [0, 0.05) is 12.7 Å². The highest BCUT2D eigenvalue weighted by Crippen LogP contribution is 2.34. The number of amides is 1. The van der Waals surface area contributed by atoms with Gasteiger partial charge in [-0.2, -0.15) is 0 Å². The van der Waals surface area contributed by atoms with Gasteiger partial charge in [0.25, 0.3) is 0 Å². The van der Waals surface area contributed by atoms with Gasteiger partial charge in [-0.05, 0) is 41.0 Å². The van der Waals surface area contributed by atoms with Crippen molar-refractivity contribution in [2.45, 2.75) is 45.8 Å². The van der Waals surface area contributed by atoms with Gasteiger partial charge in [-0.1, -0.05) is 32.9 Å². The van der Waals surface area contributed by atoms with Crippen molar-refractivity contribution in [3.8, 4) is 5.75 Å². The summed E-state index contributed by atoms with van der Waals surface area (Å²) < 4.78 is 1.12. The van der Waals surface area contributed by atoms with E-state index in [1.165, 1.54) is 18.9 Å². The zero-order valence-corrected chi connectivity index (χ0v) is 13.0. The topological polar surface area (TPSA) is 66.6 Å². The molecule has 0 saturated heterocycles. The van der Waals surface area contributed by atoms with Gasteiger partial charge in [-0.3, -0.25) is 4.79 Å². The Balaban J connectivity index is 2.98. The lowest BCUT2D eigenvalue weighted by atomic mass is 9.84. The van der Waals surface area contributed by atoms with Crippen molar-refractivity contribution in [1.29, 1.82) is 0 Å². The lowest BCUT2D eigenvalue weighted by Crippen LogP contribution is -2.28. The number of aromatic hydroxyl groups is 1. The van der Waals surface area contributed by atoms with E-state index in [4.69, 9.17) is 5.84 Å². The van der Waals surface area contributed by atoms with Gasteiger partial charge in [0.15, 0.2) is 0 Å². The first-order chi connectivity index (χ1) is 8.62. The number of phenolic OH excluding ortho intramolecular Hbond substituents is 1. The molecule has 1 aromatic rings. The van der Waals surface area contributed by atoms with Crippen LogP contribution in [0.15, 0.2) is 12.1 Å². The molecule has 1 rings (SSSR count). The fourth-order valence-corrected chi connectivity index (χ4v) is 2.38. The molecule has 0 fully saturated rings. The Kier molecular flexibility index (Phi) is 4.87. The van der Waals surface area contributed by atoms with Crippen molar-refractivity contribution in [2.75, 3.05) is 0 Å². The summed E-state index contributed by atoms with van der Waals surface area (Å²) in [6.45, 7) is 9.48. The fraction of sp³-hybridized carbons (Fsp3) is 0.500. The predicted octanol–water partition coefficient (Wildman–Crippen LogP) is 2.87. The van der Waals surface area contributed by atoms with E-state index >= 15 is 0 Å². The second kappa shape index (κ2) is 5.84. The molecule has 0 saturated carbocycles. The molecule has 106 valence electrons. The third-order valence-corrected chi connectivity index (χ3v) is 3.85. The predicted molar refractivity (Wildman–Crippen MR) is 79.5 cm³/mol. The first kappa shape index (κ1) is 15.9. The normalized spacial score (nSPS) is 11.5. The van der Waals surface area contributed by atoms with E-state index in [0.717, 1.165) is 21.1 Å². The number of nitrogens with two attached hydrogens (primary N) is 1. The average Bonchev–Trinajstić information content (AvgIpc) is 2.28. The summed E-state index contributed by atoms with van der Waals surface area (Å²) in [5.41, 5.74) is 2.67. The van der Waals surface area contributed by atoms with Gasteiger partial charge >= 0.3 is 0 Å². The number of nitrogens with zero attached hydrogens (tertiary/aromatic N) is 1. The summed E-state index contributed by atoms with van der Waals surface area (Å²) in [4.78, 5) is 11.1. The largest absolute Gasteiger partial charge is 0.507 e. The summed E-state index contributed by atoms with van der Waals surface area (Å²) in [6.07, 6.45) is 0. The molecule has 0 unspecified atom stereocenters. The number of phenols is 1. The van der Waals surface area contributed by atoms with Crippen LogP contribution in [-0.2, 0) is 16.0 Å². The molecule has 19 heavy (non-hydrogen) atoms. The molecule has 3 N–H and O–H groups in total. The van der Waals surface area contributed by atoms with Gasteiger partial charge in [0.05, 0.1) is 0 Å². The molecule has 0 aromatic heterocycles. The van der Waals surface area contributed by atoms with Gasteiger partial charge < -0.3 is 5.11 Å². The zero-order chi connectivity index (χ0) is 14.8. The van der Waals surface area contributed by atoms with E-state index in [-0.39, 0.29) is 11.3 Å². The van der Waals surface area contributed by atoms with Crippen molar-refractivity contribution >= 4 is 17.9 Å². The molecular formula is C14H22N2O2S. The SMILES string of the molecule is CC(=O)N(N)SCc1cc(C)c(O)c(C(C)(C)C)c1. The van der Waals surface area contributed by atoms with Crippen LogP contribution in [0.5, 0.6) is 5.75 Å². The van der Waals surface area contributed by atoms with Gasteiger partial charge in [0.1, 0.15) is 5.75 Å². The molecule has 0 aliphatic heterocycles. The molecule has 0 heterocycles. The number of benzene rings is 1. The maximum Gasteiger partial charge on any atom is 0.243 e. The fourth-order valence-electron chi connectivity index (χ4n) is 1.74. The molecule has 5 heteroatoms. The van der Waals surface area contributed by atoms with Crippen LogP contribution in [0.2, 0.25) is 0 Å². The lowest BCUT2D eigenvalue weighted by Gasteiger charge is -2.23. The molecule has 0 bridgehead atoms. The first-order valence-electron chi connectivity index (χ1n) is 6.14. The van der Waals surface area contributed by atoms with Crippen molar-refractivity contribution in [2.24, 2.45) is 5.84 Å². The highest BCUT2D eigenvalue weighted by molar-refractivity contribution is 7.96. The monoisotopic (exact) mass is 282 g/mol. The van der Waals surface area contributed by atoms with Crippen molar-refractivity contribution < 1.29 is 9.90 Å². The highest BCUT2D eigenvalue weighted by Gasteiger charge is 2.20. The standard InChI is InChI=1S/C14H22N2O2S/c1-9-6-11(8-19-16(15)10(2)17)7-12(13(9)18)14(3,4)5/h6-7,18H,8,15H2,1-5H3.